The third-order valence-corrected chi connectivity index (χ3v) is 3.53. The SMILES string of the molecule is O=C(O)C1CCCCCN1C(=O)[C@H]1CCCO1. The molecule has 2 atom stereocenters. The number of nitrogens with zero attached hydrogens (tertiary/aromatic N) is 1. The zero-order chi connectivity index (χ0) is 12.3. The van der Waals surface area contributed by atoms with E-state index in [1.54, 1.807) is 0 Å². The number of carboxylic acid groups (broad SMARTS) is 1. The summed E-state index contributed by atoms with van der Waals surface area (Å²) in [6, 6.07) is -0.658. The van der Waals surface area contributed by atoms with Crippen LogP contribution in [0.15, 0.2) is 0 Å². The summed E-state index contributed by atoms with van der Waals surface area (Å²) >= 11 is 0. The molecule has 0 aliphatic carbocycles. The van der Waals surface area contributed by atoms with E-state index in [1.165, 1.54) is 4.90 Å². The van der Waals surface area contributed by atoms with E-state index in [-0.39, 0.29) is 5.91 Å². The molecule has 2 aliphatic heterocycles. The number of rotatable bonds is 2. The zero-order valence-corrected chi connectivity index (χ0v) is 9.93. The first-order valence-corrected chi connectivity index (χ1v) is 6.35. The number of aliphatic carboxylic acids is 1. The highest BCUT2D eigenvalue weighted by molar-refractivity contribution is 5.86. The third kappa shape index (κ3) is 2.77. The van der Waals surface area contributed by atoms with E-state index in [9.17, 15) is 14.7 Å². The Hall–Kier alpha value is -1.10. The van der Waals surface area contributed by atoms with Gasteiger partial charge in [0, 0.05) is 13.2 Å². The molecule has 1 N–H and O–H groups in total. The van der Waals surface area contributed by atoms with Crippen molar-refractivity contribution >= 4 is 11.9 Å². The molecule has 0 aromatic heterocycles. The van der Waals surface area contributed by atoms with Crippen molar-refractivity contribution in [1.82, 2.24) is 4.90 Å². The molecule has 17 heavy (non-hydrogen) atoms. The first-order chi connectivity index (χ1) is 8.20. The van der Waals surface area contributed by atoms with Gasteiger partial charge in [-0.05, 0) is 25.7 Å². The normalized spacial score (nSPS) is 30.0. The molecule has 96 valence electrons. The number of carbonyl (C=O) groups excluding carboxylic acids is 1. The van der Waals surface area contributed by atoms with Gasteiger partial charge in [-0.15, -0.1) is 0 Å². The molecule has 5 heteroatoms. The van der Waals surface area contributed by atoms with E-state index in [2.05, 4.69) is 0 Å². The fourth-order valence-corrected chi connectivity index (χ4v) is 2.59. The van der Waals surface area contributed by atoms with Crippen molar-refractivity contribution in [1.29, 1.82) is 0 Å². The molecule has 1 amide bonds. The Kier molecular flexibility index (Phi) is 3.99. The largest absolute Gasteiger partial charge is 0.480 e. The Labute approximate surface area is 101 Å². The molecule has 1 unspecified atom stereocenters. The van der Waals surface area contributed by atoms with Gasteiger partial charge in [0.1, 0.15) is 12.1 Å². The number of carboxylic acids is 1. The van der Waals surface area contributed by atoms with Crippen LogP contribution in [-0.2, 0) is 14.3 Å². The molecule has 2 heterocycles. The molecule has 0 bridgehead atoms. The predicted molar refractivity (Wildman–Crippen MR) is 60.6 cm³/mol. The summed E-state index contributed by atoms with van der Waals surface area (Å²) in [6.07, 6.45) is 4.54. The van der Waals surface area contributed by atoms with Gasteiger partial charge in [-0.1, -0.05) is 12.8 Å². The van der Waals surface area contributed by atoms with Gasteiger partial charge in [0.15, 0.2) is 0 Å². The highest BCUT2D eigenvalue weighted by atomic mass is 16.5. The number of carbonyl (C=O) groups is 2. The lowest BCUT2D eigenvalue weighted by atomic mass is 10.1. The molecular formula is C12H19NO4. The Morgan fingerprint density at radius 1 is 1.12 bits per heavy atom. The van der Waals surface area contributed by atoms with E-state index in [0.29, 0.717) is 19.6 Å². The van der Waals surface area contributed by atoms with Crippen LogP contribution in [0.1, 0.15) is 38.5 Å². The van der Waals surface area contributed by atoms with Crippen LogP contribution in [0.25, 0.3) is 0 Å². The minimum absolute atomic E-state index is 0.128. The first-order valence-electron chi connectivity index (χ1n) is 6.35. The summed E-state index contributed by atoms with van der Waals surface area (Å²) in [5, 5.41) is 9.19. The van der Waals surface area contributed by atoms with Crippen LogP contribution in [-0.4, -0.2) is 47.2 Å². The monoisotopic (exact) mass is 241 g/mol. The molecule has 0 aromatic carbocycles. The minimum Gasteiger partial charge on any atom is -0.480 e. The van der Waals surface area contributed by atoms with Crippen molar-refractivity contribution in [3.05, 3.63) is 0 Å². The Morgan fingerprint density at radius 2 is 1.94 bits per heavy atom. The van der Waals surface area contributed by atoms with Gasteiger partial charge < -0.3 is 14.7 Å². The fourth-order valence-electron chi connectivity index (χ4n) is 2.59. The second-order valence-corrected chi connectivity index (χ2v) is 4.74. The van der Waals surface area contributed by atoms with Crippen molar-refractivity contribution in [2.24, 2.45) is 0 Å². The van der Waals surface area contributed by atoms with Crippen LogP contribution in [0, 0.1) is 0 Å². The number of hydrogen-bond donors (Lipinski definition) is 1. The van der Waals surface area contributed by atoms with Crippen LogP contribution in [0.2, 0.25) is 0 Å². The van der Waals surface area contributed by atoms with Gasteiger partial charge in [0.2, 0.25) is 0 Å². The standard InChI is InChI=1S/C12H19NO4/c14-11(10-6-4-8-17-10)13-7-3-1-2-5-9(13)12(15)16/h9-10H,1-8H2,(H,15,16)/t9?,10-/m1/s1. The molecule has 2 saturated heterocycles. The van der Waals surface area contributed by atoms with Crippen molar-refractivity contribution in [3.63, 3.8) is 0 Å². The highest BCUT2D eigenvalue weighted by Crippen LogP contribution is 2.22. The van der Waals surface area contributed by atoms with Crippen molar-refractivity contribution in [2.45, 2.75) is 50.7 Å². The summed E-state index contributed by atoms with van der Waals surface area (Å²) in [7, 11) is 0. The summed E-state index contributed by atoms with van der Waals surface area (Å²) in [5.74, 6) is -1.02. The Balaban J connectivity index is 2.08. The molecular weight excluding hydrogens is 222 g/mol. The maximum Gasteiger partial charge on any atom is 0.326 e. The molecule has 2 aliphatic rings. The van der Waals surface area contributed by atoms with Crippen LogP contribution < -0.4 is 0 Å². The van der Waals surface area contributed by atoms with E-state index >= 15 is 0 Å². The lowest BCUT2D eigenvalue weighted by Gasteiger charge is -2.29. The number of ether oxygens (including phenoxy) is 1. The van der Waals surface area contributed by atoms with Gasteiger partial charge >= 0.3 is 5.97 Å². The average molecular weight is 241 g/mol. The molecule has 2 fully saturated rings. The van der Waals surface area contributed by atoms with Crippen LogP contribution >= 0.6 is 0 Å². The zero-order valence-electron chi connectivity index (χ0n) is 9.93. The summed E-state index contributed by atoms with van der Waals surface area (Å²) in [4.78, 5) is 24.9. The van der Waals surface area contributed by atoms with Gasteiger partial charge in [-0.25, -0.2) is 4.79 Å². The smallest absolute Gasteiger partial charge is 0.326 e. The second-order valence-electron chi connectivity index (χ2n) is 4.74. The molecule has 0 aromatic rings. The maximum atomic E-state index is 12.2. The third-order valence-electron chi connectivity index (χ3n) is 3.53. The van der Waals surface area contributed by atoms with Crippen LogP contribution in [0.3, 0.4) is 0 Å². The molecule has 2 rings (SSSR count). The number of hydrogen-bond acceptors (Lipinski definition) is 3. The number of likely N-dealkylation sites (tertiary alicyclic amines) is 1. The topological polar surface area (TPSA) is 66.8 Å². The first kappa shape index (κ1) is 12.4. The quantitative estimate of drug-likeness (QED) is 0.784. The maximum absolute atomic E-state index is 12.2. The lowest BCUT2D eigenvalue weighted by Crippen LogP contribution is -2.48. The van der Waals surface area contributed by atoms with Gasteiger partial charge in [-0.2, -0.15) is 0 Å². The van der Waals surface area contributed by atoms with Crippen molar-refractivity contribution < 1.29 is 19.4 Å². The van der Waals surface area contributed by atoms with Gasteiger partial charge in [0.25, 0.3) is 5.91 Å². The van der Waals surface area contributed by atoms with E-state index in [0.717, 1.165) is 32.1 Å². The predicted octanol–water partition coefficient (Wildman–Crippen LogP) is 1.02. The molecule has 0 saturated carbocycles. The average Bonchev–Trinajstić information content (AvgIpc) is 2.71. The second kappa shape index (κ2) is 5.49. The van der Waals surface area contributed by atoms with E-state index < -0.39 is 18.1 Å². The highest BCUT2D eigenvalue weighted by Gasteiger charge is 2.35. The van der Waals surface area contributed by atoms with Crippen LogP contribution in [0.4, 0.5) is 0 Å². The summed E-state index contributed by atoms with van der Waals surface area (Å²) < 4.78 is 5.35. The summed E-state index contributed by atoms with van der Waals surface area (Å²) in [5.41, 5.74) is 0. The Morgan fingerprint density at radius 3 is 2.59 bits per heavy atom. The van der Waals surface area contributed by atoms with Gasteiger partial charge in [-0.3, -0.25) is 4.79 Å². The fraction of sp³-hybridized carbons (Fsp3) is 0.833. The number of amides is 1. The molecule has 0 spiro atoms. The van der Waals surface area contributed by atoms with Crippen molar-refractivity contribution in [3.8, 4) is 0 Å². The van der Waals surface area contributed by atoms with E-state index in [4.69, 9.17) is 4.74 Å². The van der Waals surface area contributed by atoms with E-state index in [1.807, 2.05) is 0 Å². The van der Waals surface area contributed by atoms with Gasteiger partial charge in [0.05, 0.1) is 0 Å². The van der Waals surface area contributed by atoms with Crippen LogP contribution in [0.5, 0.6) is 0 Å². The van der Waals surface area contributed by atoms with Crippen molar-refractivity contribution in [2.75, 3.05) is 13.2 Å². The Bertz CT molecular complexity index is 299. The molecule has 5 nitrogen and oxygen atoms in total. The molecule has 0 radical (unpaired) electrons. The lowest BCUT2D eigenvalue weighted by molar-refractivity contribution is -0.154. The minimum atomic E-state index is -0.891. The summed E-state index contributed by atoms with van der Waals surface area (Å²) in [6.45, 7) is 1.16.